The van der Waals surface area contributed by atoms with Crippen molar-refractivity contribution in [1.82, 2.24) is 14.7 Å². The number of pyridine rings is 1. The molecule has 8 nitrogen and oxygen atoms in total. The molecule has 0 saturated heterocycles. The molecule has 174 valence electrons. The number of carbonyl (C=O) groups is 1. The van der Waals surface area contributed by atoms with Gasteiger partial charge in [0.25, 0.3) is 5.56 Å². The third kappa shape index (κ3) is 5.10. The Morgan fingerprint density at radius 2 is 1.88 bits per heavy atom. The molecule has 1 atom stereocenters. The van der Waals surface area contributed by atoms with Crippen LogP contribution < -0.4 is 10.9 Å². The molecule has 1 aliphatic carbocycles. The quantitative estimate of drug-likeness (QED) is 0.409. The molecule has 0 unspecified atom stereocenters. The summed E-state index contributed by atoms with van der Waals surface area (Å²) in [4.78, 5) is 30.3. The van der Waals surface area contributed by atoms with Gasteiger partial charge in [-0.2, -0.15) is 4.98 Å². The largest absolute Gasteiger partial charge is 0.504 e. The van der Waals surface area contributed by atoms with Crippen molar-refractivity contribution < 1.29 is 20.1 Å². The van der Waals surface area contributed by atoms with Crippen LogP contribution in [0.15, 0.2) is 47.4 Å². The summed E-state index contributed by atoms with van der Waals surface area (Å²) in [5, 5.41) is 32.6. The van der Waals surface area contributed by atoms with Gasteiger partial charge in [0.2, 0.25) is 11.8 Å². The van der Waals surface area contributed by atoms with Crippen LogP contribution in [-0.4, -0.2) is 37.2 Å². The number of hydrogen-bond acceptors (Lipinski definition) is 6. The van der Waals surface area contributed by atoms with Crippen LogP contribution in [0.25, 0.3) is 5.65 Å². The number of amides is 1. The molecule has 0 aliphatic heterocycles. The molecule has 1 amide bonds. The minimum absolute atomic E-state index is 0.0921. The van der Waals surface area contributed by atoms with E-state index in [1.807, 2.05) is 0 Å². The van der Waals surface area contributed by atoms with Gasteiger partial charge in [-0.15, -0.1) is 0 Å². The SMILES string of the molecule is O=C(C[C@@H](c1c(O)nc2ccccn2c1=O)C1CCCCC1)NCCc1ccc(O)c(O)c1. The first kappa shape index (κ1) is 22.6. The fraction of sp³-hybridized carbons (Fsp3) is 0.400. The van der Waals surface area contributed by atoms with Gasteiger partial charge in [0.15, 0.2) is 11.5 Å². The molecule has 2 aromatic heterocycles. The standard InChI is InChI=1S/C25H29N3O5/c29-19-10-9-16(14-20(19)30)11-12-26-22(31)15-18(17-6-2-1-3-7-17)23-24(32)27-21-8-4-5-13-28(21)25(23)33/h4-5,8-10,13-14,17-18,29-30,32H,1-3,6-7,11-12,15H2,(H,26,31)/t18-/m1/s1. The summed E-state index contributed by atoms with van der Waals surface area (Å²) in [6.45, 7) is 0.349. The number of nitrogens with one attached hydrogen (secondary N) is 1. The van der Waals surface area contributed by atoms with Crippen LogP contribution in [0.3, 0.4) is 0 Å². The smallest absolute Gasteiger partial charge is 0.265 e. The average Bonchev–Trinajstić information content (AvgIpc) is 2.81. The van der Waals surface area contributed by atoms with E-state index in [0.717, 1.165) is 37.7 Å². The van der Waals surface area contributed by atoms with Gasteiger partial charge >= 0.3 is 0 Å². The Morgan fingerprint density at radius 1 is 1.09 bits per heavy atom. The Balaban J connectivity index is 1.53. The lowest BCUT2D eigenvalue weighted by molar-refractivity contribution is -0.121. The van der Waals surface area contributed by atoms with Crippen LogP contribution in [0.4, 0.5) is 0 Å². The van der Waals surface area contributed by atoms with Gasteiger partial charge in [0, 0.05) is 25.1 Å². The number of benzene rings is 1. The number of nitrogens with zero attached hydrogens (tertiary/aromatic N) is 2. The molecule has 0 spiro atoms. The van der Waals surface area contributed by atoms with E-state index >= 15 is 0 Å². The van der Waals surface area contributed by atoms with Gasteiger partial charge < -0.3 is 20.6 Å². The number of phenols is 2. The second-order valence-electron chi connectivity index (χ2n) is 8.71. The highest BCUT2D eigenvalue weighted by molar-refractivity contribution is 5.77. The van der Waals surface area contributed by atoms with E-state index in [1.54, 1.807) is 30.5 Å². The Bertz CT molecular complexity index is 1200. The highest BCUT2D eigenvalue weighted by Crippen LogP contribution is 2.39. The Kier molecular flexibility index (Phi) is 6.82. The fourth-order valence-electron chi connectivity index (χ4n) is 4.80. The Labute approximate surface area is 191 Å². The van der Waals surface area contributed by atoms with E-state index in [4.69, 9.17) is 0 Å². The van der Waals surface area contributed by atoms with Gasteiger partial charge in [0.1, 0.15) is 5.65 Å². The van der Waals surface area contributed by atoms with E-state index in [0.29, 0.717) is 18.6 Å². The average molecular weight is 452 g/mol. The third-order valence-corrected chi connectivity index (χ3v) is 6.52. The van der Waals surface area contributed by atoms with E-state index in [1.165, 1.54) is 16.5 Å². The van der Waals surface area contributed by atoms with Crippen molar-refractivity contribution in [2.24, 2.45) is 5.92 Å². The molecule has 3 aromatic rings. The zero-order chi connectivity index (χ0) is 23.4. The van der Waals surface area contributed by atoms with Crippen molar-refractivity contribution in [3.8, 4) is 17.4 Å². The van der Waals surface area contributed by atoms with Crippen LogP contribution >= 0.6 is 0 Å². The zero-order valence-corrected chi connectivity index (χ0v) is 18.4. The van der Waals surface area contributed by atoms with Gasteiger partial charge in [-0.25, -0.2) is 0 Å². The molecule has 8 heteroatoms. The zero-order valence-electron chi connectivity index (χ0n) is 18.4. The Hall–Kier alpha value is -3.55. The molecule has 33 heavy (non-hydrogen) atoms. The third-order valence-electron chi connectivity index (χ3n) is 6.52. The molecular formula is C25H29N3O5. The minimum atomic E-state index is -0.417. The molecule has 1 aromatic carbocycles. The van der Waals surface area contributed by atoms with Crippen LogP contribution in [-0.2, 0) is 11.2 Å². The normalized spacial score (nSPS) is 15.4. The molecular weight excluding hydrogens is 422 g/mol. The Morgan fingerprint density at radius 3 is 2.64 bits per heavy atom. The van der Waals surface area contributed by atoms with Gasteiger partial charge in [-0.1, -0.05) is 31.4 Å². The molecule has 0 bridgehead atoms. The molecule has 1 fully saturated rings. The number of carbonyl (C=O) groups excluding carboxylic acids is 1. The summed E-state index contributed by atoms with van der Waals surface area (Å²) in [7, 11) is 0. The first-order valence-corrected chi connectivity index (χ1v) is 11.4. The molecule has 4 rings (SSSR count). The first-order valence-electron chi connectivity index (χ1n) is 11.4. The summed E-state index contributed by atoms with van der Waals surface area (Å²) in [5.41, 5.74) is 1.03. The number of aromatic hydroxyl groups is 3. The minimum Gasteiger partial charge on any atom is -0.504 e. The molecule has 4 N–H and O–H groups in total. The second-order valence-corrected chi connectivity index (χ2v) is 8.71. The van der Waals surface area contributed by atoms with Crippen molar-refractivity contribution in [2.45, 2.75) is 50.9 Å². The van der Waals surface area contributed by atoms with E-state index in [-0.39, 0.29) is 46.7 Å². The van der Waals surface area contributed by atoms with E-state index < -0.39 is 5.92 Å². The van der Waals surface area contributed by atoms with E-state index in [2.05, 4.69) is 10.3 Å². The molecule has 1 saturated carbocycles. The molecule has 2 heterocycles. The number of phenolic OH excluding ortho intramolecular Hbond substituents is 2. The van der Waals surface area contributed by atoms with Crippen LogP contribution in [0, 0.1) is 5.92 Å². The predicted octanol–water partition coefficient (Wildman–Crippen LogP) is 3.22. The second kappa shape index (κ2) is 9.94. The van der Waals surface area contributed by atoms with Crippen molar-refractivity contribution in [1.29, 1.82) is 0 Å². The van der Waals surface area contributed by atoms with E-state index in [9.17, 15) is 24.9 Å². The lowest BCUT2D eigenvalue weighted by Crippen LogP contribution is -2.32. The van der Waals surface area contributed by atoms with Gasteiger partial charge in [-0.3, -0.25) is 14.0 Å². The highest BCUT2D eigenvalue weighted by Gasteiger charge is 2.32. The fourth-order valence-corrected chi connectivity index (χ4v) is 4.80. The topological polar surface area (TPSA) is 124 Å². The number of aromatic nitrogens is 2. The first-order chi connectivity index (χ1) is 15.9. The number of fused-ring (bicyclic) bond motifs is 1. The maximum absolute atomic E-state index is 13.3. The summed E-state index contributed by atoms with van der Waals surface area (Å²) in [6, 6.07) is 9.71. The van der Waals surface area contributed by atoms with Crippen molar-refractivity contribution in [2.75, 3.05) is 6.54 Å². The summed E-state index contributed by atoms with van der Waals surface area (Å²) in [6.07, 6.45) is 7.22. The lowest BCUT2D eigenvalue weighted by Gasteiger charge is -2.30. The molecule has 1 aliphatic rings. The maximum atomic E-state index is 13.3. The van der Waals surface area contributed by atoms with Gasteiger partial charge in [-0.05, 0) is 55.0 Å². The monoisotopic (exact) mass is 451 g/mol. The van der Waals surface area contributed by atoms with Crippen molar-refractivity contribution in [3.63, 3.8) is 0 Å². The van der Waals surface area contributed by atoms with Crippen LogP contribution in [0.2, 0.25) is 0 Å². The summed E-state index contributed by atoms with van der Waals surface area (Å²) in [5.74, 6) is -1.18. The predicted molar refractivity (Wildman–Crippen MR) is 124 cm³/mol. The van der Waals surface area contributed by atoms with Crippen molar-refractivity contribution >= 4 is 11.6 Å². The van der Waals surface area contributed by atoms with Gasteiger partial charge in [0.05, 0.1) is 5.56 Å². The van der Waals surface area contributed by atoms with Crippen LogP contribution in [0.5, 0.6) is 17.4 Å². The van der Waals surface area contributed by atoms with Crippen LogP contribution in [0.1, 0.15) is 55.6 Å². The van der Waals surface area contributed by atoms with Crippen molar-refractivity contribution in [3.05, 3.63) is 64.1 Å². The summed E-state index contributed by atoms with van der Waals surface area (Å²) >= 11 is 0. The highest BCUT2D eigenvalue weighted by atomic mass is 16.3. The maximum Gasteiger partial charge on any atom is 0.265 e. The summed E-state index contributed by atoms with van der Waals surface area (Å²) < 4.78 is 1.42. The molecule has 0 radical (unpaired) electrons. The number of hydrogen-bond donors (Lipinski definition) is 4. The number of rotatable bonds is 7. The lowest BCUT2D eigenvalue weighted by atomic mass is 9.75.